The highest BCUT2D eigenvalue weighted by molar-refractivity contribution is 5.93. The predicted molar refractivity (Wildman–Crippen MR) is 183 cm³/mol. The van der Waals surface area contributed by atoms with E-state index < -0.39 is 35.3 Å². The van der Waals surface area contributed by atoms with Crippen molar-refractivity contribution in [2.75, 3.05) is 0 Å². The van der Waals surface area contributed by atoms with Gasteiger partial charge in [0.25, 0.3) is 0 Å². The molecular formula is C38H53FN2O6. The molecule has 9 heteroatoms. The number of unbranched alkanes of at least 4 members (excludes halogenated alkanes) is 8. The second-order valence-corrected chi connectivity index (χ2v) is 12.4. The molecule has 258 valence electrons. The maximum Gasteiger partial charge on any atom is 0.336 e. The number of ketones is 1. The number of carbonyl (C=O) groups excluding carboxylic acids is 3. The second kappa shape index (κ2) is 21.1. The fraction of sp³-hybridized carbons (Fsp3) is 0.526. The first kappa shape index (κ1) is 39.3. The van der Waals surface area contributed by atoms with Crippen LogP contribution >= 0.6 is 0 Å². The Morgan fingerprint density at radius 1 is 0.872 bits per heavy atom. The zero-order chi connectivity index (χ0) is 34.7. The number of hydrogen-bond acceptors (Lipinski definition) is 5. The number of Topliss-reactive ketones (excluding diaryl/α,β-unsaturated/α-hetero) is 1. The number of allylic oxidation sites excluding steroid dienone is 1. The summed E-state index contributed by atoms with van der Waals surface area (Å²) in [6.07, 6.45) is 14.1. The Bertz CT molecular complexity index is 1310. The van der Waals surface area contributed by atoms with Crippen LogP contribution in [0.15, 0.2) is 60.7 Å². The minimum atomic E-state index is -2.38. The lowest BCUT2D eigenvalue weighted by Gasteiger charge is -2.30. The van der Waals surface area contributed by atoms with Crippen molar-refractivity contribution in [3.63, 3.8) is 0 Å². The molecule has 0 aliphatic rings. The molecule has 0 aromatic heterocycles. The molecule has 2 aromatic carbocycles. The van der Waals surface area contributed by atoms with Crippen LogP contribution in [0.4, 0.5) is 4.39 Å². The zero-order valence-corrected chi connectivity index (χ0v) is 28.0. The van der Waals surface area contributed by atoms with Crippen LogP contribution in [0.5, 0.6) is 0 Å². The minimum Gasteiger partial charge on any atom is -0.479 e. The van der Waals surface area contributed by atoms with Crippen LogP contribution in [-0.4, -0.2) is 45.4 Å². The Morgan fingerprint density at radius 2 is 1.49 bits per heavy atom. The summed E-state index contributed by atoms with van der Waals surface area (Å²) in [5.41, 5.74) is 4.96. The average molecular weight is 653 g/mol. The van der Waals surface area contributed by atoms with E-state index in [1.165, 1.54) is 31.4 Å². The van der Waals surface area contributed by atoms with Crippen molar-refractivity contribution in [2.45, 2.75) is 122 Å². The van der Waals surface area contributed by atoms with Gasteiger partial charge in [0, 0.05) is 24.8 Å². The van der Waals surface area contributed by atoms with Gasteiger partial charge in [0.05, 0.1) is 5.92 Å². The number of benzene rings is 2. The molecule has 0 aliphatic heterocycles. The molecule has 0 saturated heterocycles. The Hall–Kier alpha value is -3.85. The smallest absolute Gasteiger partial charge is 0.336 e. The van der Waals surface area contributed by atoms with E-state index in [9.17, 15) is 33.8 Å². The summed E-state index contributed by atoms with van der Waals surface area (Å²) in [6, 6.07) is 12.0. The molecule has 0 saturated carbocycles. The van der Waals surface area contributed by atoms with Crippen molar-refractivity contribution in [3.8, 4) is 11.1 Å². The van der Waals surface area contributed by atoms with Crippen LogP contribution in [0, 0.1) is 11.7 Å². The summed E-state index contributed by atoms with van der Waals surface area (Å²) in [7, 11) is 0. The first-order chi connectivity index (χ1) is 22.5. The average Bonchev–Trinajstić information content (AvgIpc) is 3.04. The van der Waals surface area contributed by atoms with Crippen molar-refractivity contribution in [1.82, 2.24) is 5.32 Å². The summed E-state index contributed by atoms with van der Waals surface area (Å²) in [5, 5.41) is 23.7. The fourth-order valence-electron chi connectivity index (χ4n) is 5.70. The van der Waals surface area contributed by atoms with E-state index in [0.29, 0.717) is 48.2 Å². The van der Waals surface area contributed by atoms with E-state index in [0.717, 1.165) is 38.5 Å². The number of rotatable bonds is 24. The Labute approximate surface area is 279 Å². The number of nitrogens with one attached hydrogen (secondary N) is 1. The van der Waals surface area contributed by atoms with Gasteiger partial charge < -0.3 is 21.3 Å². The topological polar surface area (TPSA) is 147 Å². The summed E-state index contributed by atoms with van der Waals surface area (Å²) in [5.74, 6) is -4.68. The van der Waals surface area contributed by atoms with Crippen molar-refractivity contribution in [2.24, 2.45) is 11.7 Å². The third kappa shape index (κ3) is 13.4. The molecule has 0 fully saturated rings. The van der Waals surface area contributed by atoms with Gasteiger partial charge in [-0.05, 0) is 49.3 Å². The van der Waals surface area contributed by atoms with Crippen molar-refractivity contribution in [1.29, 1.82) is 0 Å². The van der Waals surface area contributed by atoms with Gasteiger partial charge in [-0.15, -0.1) is 0 Å². The molecule has 2 amide bonds. The monoisotopic (exact) mass is 652 g/mol. The first-order valence-electron chi connectivity index (χ1n) is 17.1. The molecule has 0 radical (unpaired) electrons. The van der Waals surface area contributed by atoms with E-state index in [1.807, 2.05) is 0 Å². The Balaban J connectivity index is 1.99. The molecule has 0 unspecified atom stereocenters. The molecule has 2 aromatic rings. The molecule has 2 rings (SSSR count). The molecule has 0 bridgehead atoms. The number of carbonyl (C=O) groups is 4. The van der Waals surface area contributed by atoms with Gasteiger partial charge in [-0.3, -0.25) is 14.4 Å². The maximum atomic E-state index is 14.2. The number of halogens is 1. The van der Waals surface area contributed by atoms with Gasteiger partial charge in [-0.1, -0.05) is 113 Å². The fourth-order valence-corrected chi connectivity index (χ4v) is 5.70. The molecule has 0 spiro atoms. The van der Waals surface area contributed by atoms with Crippen LogP contribution in [0.3, 0.4) is 0 Å². The van der Waals surface area contributed by atoms with Crippen LogP contribution in [-0.2, 0) is 25.6 Å². The number of carboxylic acids is 1. The van der Waals surface area contributed by atoms with Crippen molar-refractivity contribution >= 4 is 23.6 Å². The SMILES string of the molecule is CCCCCCCC(=O)CCCCCCC=C[C@H](C(=O)N[C@@H](Cc1ccc(-c2ccccc2F)cc1)C(N)=O)[C@@](O)(CCC)C(=O)O. The van der Waals surface area contributed by atoms with E-state index in [1.54, 1.807) is 55.5 Å². The van der Waals surface area contributed by atoms with Gasteiger partial charge in [0.1, 0.15) is 17.6 Å². The predicted octanol–water partition coefficient (Wildman–Crippen LogP) is 7.06. The van der Waals surface area contributed by atoms with E-state index in [4.69, 9.17) is 5.73 Å². The first-order valence-corrected chi connectivity index (χ1v) is 17.1. The summed E-state index contributed by atoms with van der Waals surface area (Å²) in [4.78, 5) is 50.1. The summed E-state index contributed by atoms with van der Waals surface area (Å²) < 4.78 is 14.2. The Morgan fingerprint density at radius 3 is 2.06 bits per heavy atom. The van der Waals surface area contributed by atoms with Crippen molar-refractivity contribution < 1.29 is 33.8 Å². The third-order valence-electron chi connectivity index (χ3n) is 8.50. The molecule has 5 N–H and O–H groups in total. The van der Waals surface area contributed by atoms with Gasteiger partial charge in [0.2, 0.25) is 11.8 Å². The number of carboxylic acid groups (broad SMARTS) is 1. The van der Waals surface area contributed by atoms with Gasteiger partial charge in [-0.2, -0.15) is 0 Å². The quantitative estimate of drug-likeness (QED) is 0.0705. The largest absolute Gasteiger partial charge is 0.479 e. The molecule has 0 heterocycles. The lowest BCUT2D eigenvalue weighted by Crippen LogP contribution is -2.55. The third-order valence-corrected chi connectivity index (χ3v) is 8.50. The highest BCUT2D eigenvalue weighted by Crippen LogP contribution is 2.27. The maximum absolute atomic E-state index is 14.2. The highest BCUT2D eigenvalue weighted by Gasteiger charge is 2.46. The van der Waals surface area contributed by atoms with Crippen molar-refractivity contribution in [3.05, 3.63) is 72.1 Å². The van der Waals surface area contributed by atoms with Gasteiger partial charge in [-0.25, -0.2) is 9.18 Å². The summed E-state index contributed by atoms with van der Waals surface area (Å²) >= 11 is 0. The highest BCUT2D eigenvalue weighted by atomic mass is 19.1. The molecule has 0 aliphatic carbocycles. The number of nitrogens with two attached hydrogens (primary N) is 1. The molecular weight excluding hydrogens is 599 g/mol. The lowest BCUT2D eigenvalue weighted by atomic mass is 9.82. The second-order valence-electron chi connectivity index (χ2n) is 12.4. The summed E-state index contributed by atoms with van der Waals surface area (Å²) in [6.45, 7) is 3.88. The normalized spacial score (nSPS) is 14.0. The molecule has 3 atom stereocenters. The van der Waals surface area contributed by atoms with Crippen LogP contribution in [0.25, 0.3) is 11.1 Å². The van der Waals surface area contributed by atoms with E-state index in [-0.39, 0.29) is 18.7 Å². The van der Waals surface area contributed by atoms with E-state index in [2.05, 4.69) is 12.2 Å². The minimum absolute atomic E-state index is 0.0235. The van der Waals surface area contributed by atoms with E-state index >= 15 is 0 Å². The van der Waals surface area contributed by atoms with Crippen LogP contribution in [0.2, 0.25) is 0 Å². The van der Waals surface area contributed by atoms with Gasteiger partial charge in [0.15, 0.2) is 5.60 Å². The standard InChI is InChI=1S/C38H53FN2O6/c1-3-5-6-9-12-17-30(42)18-13-10-7-8-11-14-20-32(38(47,26-4-2)37(45)46)36(44)41-34(35(40)43)27-28-22-24-29(25-23-28)31-19-15-16-21-33(31)39/h14-16,19-25,32,34,47H,3-13,17-18,26-27H2,1-2H3,(H2,40,43)(H,41,44)(H,45,46)/t32-,34+,38+/m1/s1. The number of amides is 2. The van der Waals surface area contributed by atoms with Crippen LogP contribution < -0.4 is 11.1 Å². The van der Waals surface area contributed by atoms with Crippen LogP contribution in [0.1, 0.15) is 109 Å². The zero-order valence-electron chi connectivity index (χ0n) is 28.0. The van der Waals surface area contributed by atoms with Gasteiger partial charge >= 0.3 is 5.97 Å². The number of aliphatic hydroxyl groups is 1. The molecule has 8 nitrogen and oxygen atoms in total. The number of aliphatic carboxylic acids is 1. The lowest BCUT2D eigenvalue weighted by molar-refractivity contribution is -0.167. The number of primary amides is 1. The number of hydrogen-bond donors (Lipinski definition) is 4. The molecule has 47 heavy (non-hydrogen) atoms. The Kier molecular flexibility index (Phi) is 17.7.